The zero-order chi connectivity index (χ0) is 24.1. The van der Waals surface area contributed by atoms with Crippen molar-refractivity contribution in [3.05, 3.63) is 68.7 Å². The third-order valence-electron chi connectivity index (χ3n) is 5.27. The van der Waals surface area contributed by atoms with Crippen LogP contribution in [0.4, 0.5) is 13.2 Å². The molecule has 0 bridgehead atoms. The molecule has 2 aromatic carbocycles. The molecule has 1 fully saturated rings. The molecule has 0 unspecified atom stereocenters. The van der Waals surface area contributed by atoms with Crippen LogP contribution in [0.1, 0.15) is 33.5 Å². The first kappa shape index (κ1) is 23.6. The largest absolute Gasteiger partial charge is 0.435 e. The minimum atomic E-state index is -4.83. The van der Waals surface area contributed by atoms with Gasteiger partial charge in [0.2, 0.25) is 10.2 Å². The van der Waals surface area contributed by atoms with Gasteiger partial charge >= 0.3 is 6.18 Å². The van der Waals surface area contributed by atoms with Crippen LogP contribution in [0.5, 0.6) is 0 Å². The fourth-order valence-corrected chi connectivity index (χ4v) is 4.63. The van der Waals surface area contributed by atoms with Gasteiger partial charge in [0.1, 0.15) is 0 Å². The molecule has 2 aliphatic heterocycles. The van der Waals surface area contributed by atoms with Crippen LogP contribution < -0.4 is 5.32 Å². The number of thioether (sulfide) groups is 1. The molecular formula is C21H13Cl2F3N2O4S. The number of hydrogen-bond acceptors (Lipinski definition) is 6. The first-order chi connectivity index (χ1) is 15.4. The van der Waals surface area contributed by atoms with Crippen LogP contribution in [-0.4, -0.2) is 34.1 Å². The third-order valence-corrected chi connectivity index (χ3v) is 6.58. The molecule has 12 heteroatoms. The van der Waals surface area contributed by atoms with Crippen LogP contribution in [0, 0.1) is 6.92 Å². The number of hydrogen-bond donors (Lipinski definition) is 1. The summed E-state index contributed by atoms with van der Waals surface area (Å²) in [7, 11) is 0. The Morgan fingerprint density at radius 1 is 1.15 bits per heavy atom. The minimum Gasteiger partial charge on any atom is -0.374 e. The highest BCUT2D eigenvalue weighted by atomic mass is 35.5. The highest BCUT2D eigenvalue weighted by Gasteiger charge is 2.62. The summed E-state index contributed by atoms with van der Waals surface area (Å²) in [4.78, 5) is 40.2. The summed E-state index contributed by atoms with van der Waals surface area (Å²) in [5.41, 5.74) is -2.15. The van der Waals surface area contributed by atoms with Crippen molar-refractivity contribution in [1.29, 1.82) is 0 Å². The summed E-state index contributed by atoms with van der Waals surface area (Å²) in [5.74, 6) is -0.645. The fourth-order valence-electron chi connectivity index (χ4n) is 3.53. The monoisotopic (exact) mass is 516 g/mol. The number of rotatable bonds is 4. The molecule has 1 atom stereocenters. The number of amides is 1. The van der Waals surface area contributed by atoms with Crippen molar-refractivity contribution in [2.45, 2.75) is 31.2 Å². The predicted molar refractivity (Wildman–Crippen MR) is 116 cm³/mol. The maximum Gasteiger partial charge on any atom is 0.435 e. The average molecular weight is 517 g/mol. The van der Waals surface area contributed by atoms with Gasteiger partial charge in [0, 0.05) is 27.6 Å². The molecule has 6 nitrogen and oxygen atoms in total. The lowest BCUT2D eigenvalue weighted by atomic mass is 9.86. The summed E-state index contributed by atoms with van der Waals surface area (Å²) in [6.07, 6.45) is -5.47. The van der Waals surface area contributed by atoms with E-state index >= 15 is 0 Å². The number of nitrogens with zero attached hydrogens (tertiary/aromatic N) is 1. The number of nitrogens with one attached hydrogen (secondary N) is 1. The molecule has 0 aromatic heterocycles. The molecule has 33 heavy (non-hydrogen) atoms. The lowest BCUT2D eigenvalue weighted by molar-refractivity contribution is -0.275. The van der Waals surface area contributed by atoms with E-state index in [1.807, 2.05) is 0 Å². The number of carbonyl (C=O) groups is 3. The molecular weight excluding hydrogens is 504 g/mol. The summed E-state index contributed by atoms with van der Waals surface area (Å²) in [5, 5.41) is 5.16. The Labute approximate surface area is 199 Å². The standard InChI is InChI=1S/C21H13Cl2F3N2O4S/c1-9-4-10(2-3-14(9)17(29)27-16-18(30)33-19(16)31)15-8-20(32-28-15,21(24,25)26)11-5-12(22)7-13(23)6-11/h2-7,16H,8H2,1H3,(H,27,29)/t20-/m1/s1. The number of alkyl halides is 3. The molecule has 1 N–H and O–H groups in total. The maximum atomic E-state index is 14.1. The molecule has 2 heterocycles. The summed E-state index contributed by atoms with van der Waals surface area (Å²) < 4.78 is 42.4. The summed E-state index contributed by atoms with van der Waals surface area (Å²) in [6.45, 7) is 1.57. The molecule has 2 aromatic rings. The van der Waals surface area contributed by atoms with Crippen molar-refractivity contribution in [2.75, 3.05) is 0 Å². The van der Waals surface area contributed by atoms with E-state index in [0.717, 1.165) is 12.1 Å². The van der Waals surface area contributed by atoms with Gasteiger partial charge in [-0.05, 0) is 60.1 Å². The number of oxime groups is 1. The lowest BCUT2D eigenvalue weighted by Crippen LogP contribution is -2.51. The Morgan fingerprint density at radius 2 is 1.79 bits per heavy atom. The van der Waals surface area contributed by atoms with Gasteiger partial charge in [-0.3, -0.25) is 14.4 Å². The van der Waals surface area contributed by atoms with Gasteiger partial charge in [0.25, 0.3) is 11.5 Å². The molecule has 0 spiro atoms. The molecule has 0 aliphatic carbocycles. The summed E-state index contributed by atoms with van der Waals surface area (Å²) in [6, 6.07) is 6.65. The molecule has 1 saturated heterocycles. The fraction of sp³-hybridized carbons (Fsp3) is 0.238. The molecule has 1 amide bonds. The minimum absolute atomic E-state index is 0.0132. The van der Waals surface area contributed by atoms with E-state index < -0.39 is 40.4 Å². The van der Waals surface area contributed by atoms with Crippen LogP contribution in [0.25, 0.3) is 0 Å². The van der Waals surface area contributed by atoms with E-state index in [0.29, 0.717) is 22.9 Å². The quantitative estimate of drug-likeness (QED) is 0.591. The second-order valence-corrected chi connectivity index (χ2v) is 9.35. The first-order valence-corrected chi connectivity index (χ1v) is 10.9. The average Bonchev–Trinajstić information content (AvgIpc) is 3.18. The predicted octanol–water partition coefficient (Wildman–Crippen LogP) is 4.78. The summed E-state index contributed by atoms with van der Waals surface area (Å²) >= 11 is 12.3. The molecule has 0 saturated carbocycles. The van der Waals surface area contributed by atoms with Gasteiger partial charge in [-0.2, -0.15) is 13.2 Å². The maximum absolute atomic E-state index is 14.1. The van der Waals surface area contributed by atoms with E-state index in [2.05, 4.69) is 10.5 Å². The van der Waals surface area contributed by atoms with E-state index in [9.17, 15) is 27.6 Å². The van der Waals surface area contributed by atoms with Gasteiger partial charge in [0.15, 0.2) is 6.04 Å². The Balaban J connectivity index is 1.60. The highest BCUT2D eigenvalue weighted by molar-refractivity contribution is 8.29. The van der Waals surface area contributed by atoms with Crippen molar-refractivity contribution in [3.8, 4) is 0 Å². The second-order valence-electron chi connectivity index (χ2n) is 7.47. The third kappa shape index (κ3) is 4.22. The van der Waals surface area contributed by atoms with Crippen LogP contribution >= 0.6 is 35.0 Å². The number of benzene rings is 2. The van der Waals surface area contributed by atoms with Crippen LogP contribution in [0.2, 0.25) is 10.0 Å². The normalized spacial score (nSPS) is 20.8. The van der Waals surface area contributed by atoms with Crippen molar-refractivity contribution in [2.24, 2.45) is 5.16 Å². The van der Waals surface area contributed by atoms with Crippen LogP contribution in [0.15, 0.2) is 41.6 Å². The number of halogens is 5. The Kier molecular flexibility index (Phi) is 5.96. The van der Waals surface area contributed by atoms with Crippen molar-refractivity contribution < 1.29 is 32.4 Å². The highest BCUT2D eigenvalue weighted by Crippen LogP contribution is 2.49. The van der Waals surface area contributed by atoms with Gasteiger partial charge < -0.3 is 10.2 Å². The first-order valence-electron chi connectivity index (χ1n) is 9.37. The van der Waals surface area contributed by atoms with Gasteiger partial charge in [0.05, 0.1) is 5.71 Å². The second kappa shape index (κ2) is 8.34. The Morgan fingerprint density at radius 3 is 2.33 bits per heavy atom. The molecule has 172 valence electrons. The van der Waals surface area contributed by atoms with E-state index in [-0.39, 0.29) is 26.9 Å². The molecule has 0 radical (unpaired) electrons. The van der Waals surface area contributed by atoms with Gasteiger partial charge in [-0.15, -0.1) is 0 Å². The van der Waals surface area contributed by atoms with E-state index in [1.165, 1.54) is 24.3 Å². The zero-order valence-corrected chi connectivity index (χ0v) is 19.0. The Bertz CT molecular complexity index is 1200. The SMILES string of the molecule is Cc1cc(C2=NO[C@](c3cc(Cl)cc(Cl)c3)(C(F)(F)F)C2)ccc1C(=O)NC1C(=O)SC1=O. The number of aryl methyl sites for hydroxylation is 1. The van der Waals surface area contributed by atoms with E-state index in [4.69, 9.17) is 28.0 Å². The van der Waals surface area contributed by atoms with Crippen LogP contribution in [0.3, 0.4) is 0 Å². The lowest BCUT2D eigenvalue weighted by Gasteiger charge is -2.29. The van der Waals surface area contributed by atoms with Crippen molar-refractivity contribution in [3.63, 3.8) is 0 Å². The topological polar surface area (TPSA) is 84.8 Å². The number of carbonyl (C=O) groups excluding carboxylic acids is 3. The zero-order valence-electron chi connectivity index (χ0n) is 16.6. The smallest absolute Gasteiger partial charge is 0.374 e. The van der Waals surface area contributed by atoms with Crippen molar-refractivity contribution >= 4 is 56.8 Å². The Hall–Kier alpha value is -2.56. The van der Waals surface area contributed by atoms with E-state index in [1.54, 1.807) is 6.92 Å². The molecule has 4 rings (SSSR count). The van der Waals surface area contributed by atoms with Gasteiger partial charge in [-0.25, -0.2) is 0 Å². The molecule has 2 aliphatic rings. The van der Waals surface area contributed by atoms with Gasteiger partial charge in [-0.1, -0.05) is 34.4 Å². The van der Waals surface area contributed by atoms with Crippen molar-refractivity contribution in [1.82, 2.24) is 5.32 Å². The van der Waals surface area contributed by atoms with Crippen LogP contribution in [-0.2, 0) is 20.0 Å².